The fourth-order valence-electron chi connectivity index (χ4n) is 9.57. The molecule has 1 unspecified atom stereocenters. The summed E-state index contributed by atoms with van der Waals surface area (Å²) in [7, 11) is 0. The molecule has 0 rings (SSSR count). The third-order valence-corrected chi connectivity index (χ3v) is 14.6. The Morgan fingerprint density at radius 2 is 0.537 bits per heavy atom. The molecule has 6 nitrogen and oxygen atoms in total. The van der Waals surface area contributed by atoms with E-state index in [9.17, 15) is 14.4 Å². The van der Waals surface area contributed by atoms with Crippen LogP contribution in [-0.4, -0.2) is 37.2 Å². The van der Waals surface area contributed by atoms with Gasteiger partial charge in [-0.25, -0.2) is 0 Å². The van der Waals surface area contributed by atoms with Crippen LogP contribution in [0.2, 0.25) is 0 Å². The summed E-state index contributed by atoms with van der Waals surface area (Å²) in [6, 6.07) is 0. The molecule has 0 aliphatic carbocycles. The van der Waals surface area contributed by atoms with E-state index in [0.29, 0.717) is 12.8 Å². The van der Waals surface area contributed by atoms with E-state index in [1.54, 1.807) is 6.08 Å². The maximum absolute atomic E-state index is 12.9. The lowest BCUT2D eigenvalue weighted by molar-refractivity contribution is -0.166. The van der Waals surface area contributed by atoms with Crippen LogP contribution in [0.5, 0.6) is 0 Å². The van der Waals surface area contributed by atoms with Gasteiger partial charge in [0.05, 0.1) is 6.42 Å². The SMILES string of the molecule is CC/C=C\C/C=C\C/C=C\C/C=C\C/C=C\CC(=O)OCC(COC(=O)CCCCCCCCCCCCCCCC/C=C\C/C=C\C/C=C\C/C=C\CC)OC(=O)CCCCCCCCCCCCCCCCCCCCCC. The lowest BCUT2D eigenvalue weighted by Crippen LogP contribution is -2.30. The van der Waals surface area contributed by atoms with Crippen LogP contribution in [0.4, 0.5) is 0 Å². The Hall–Kier alpha value is -3.93. The highest BCUT2D eigenvalue weighted by molar-refractivity contribution is 5.72. The second kappa shape index (κ2) is 67.6. The summed E-state index contributed by atoms with van der Waals surface area (Å²) in [5.41, 5.74) is 0. The van der Waals surface area contributed by atoms with Crippen LogP contribution < -0.4 is 0 Å². The number of unbranched alkanes of at least 4 members (excludes halogenated alkanes) is 33. The molecule has 0 radical (unpaired) electrons. The van der Waals surface area contributed by atoms with Crippen LogP contribution in [0.25, 0.3) is 0 Å². The van der Waals surface area contributed by atoms with Crippen LogP contribution in [0, 0.1) is 0 Å². The molecule has 6 heteroatoms. The van der Waals surface area contributed by atoms with Crippen LogP contribution in [-0.2, 0) is 28.6 Å². The zero-order valence-corrected chi connectivity index (χ0v) is 52.6. The van der Waals surface area contributed by atoms with Gasteiger partial charge in [-0.15, -0.1) is 0 Å². The van der Waals surface area contributed by atoms with E-state index >= 15 is 0 Å². The van der Waals surface area contributed by atoms with Crippen molar-refractivity contribution in [2.24, 2.45) is 0 Å². The van der Waals surface area contributed by atoms with Gasteiger partial charge in [0, 0.05) is 12.8 Å². The lowest BCUT2D eigenvalue weighted by Gasteiger charge is -2.18. The number of hydrogen-bond donors (Lipinski definition) is 0. The standard InChI is InChI=1S/C74H126O6/c1-4-7-10-13-16-19-22-25-28-30-32-34-35-36-37-38-39-40-42-43-46-49-52-55-58-61-64-67-73(76)79-70-71(69-78-72(75)66-63-60-57-54-51-48-45-27-24-21-18-15-12-9-6-3)80-74(77)68-65-62-59-56-53-50-47-44-41-33-31-29-26-23-20-17-14-11-8-5-2/h7,9-10,12,16,18-19,21,25,27-28,32,34,45,51,54,60,63,71H,4-6,8,11,13-15,17,20,22-24,26,29-31,33,35-44,46-50,52-53,55-59,61-62,64-70H2,1-3H3/b10-7-,12-9-,19-16-,21-18-,28-25-,34-32-,45-27-,54-51-,63-60-. The Morgan fingerprint density at radius 3 is 0.875 bits per heavy atom. The second-order valence-corrected chi connectivity index (χ2v) is 22.3. The average molecular weight is 1110 g/mol. The van der Waals surface area contributed by atoms with Gasteiger partial charge in [0.15, 0.2) is 6.10 Å². The van der Waals surface area contributed by atoms with Crippen molar-refractivity contribution in [2.75, 3.05) is 13.2 Å². The molecule has 80 heavy (non-hydrogen) atoms. The smallest absolute Gasteiger partial charge is 0.309 e. The maximum atomic E-state index is 12.9. The molecule has 1 atom stereocenters. The average Bonchev–Trinajstić information content (AvgIpc) is 3.46. The molecule has 0 heterocycles. The zero-order valence-electron chi connectivity index (χ0n) is 52.6. The van der Waals surface area contributed by atoms with E-state index < -0.39 is 12.1 Å². The van der Waals surface area contributed by atoms with Crippen molar-refractivity contribution in [3.63, 3.8) is 0 Å². The Balaban J connectivity index is 4.35. The Labute approximate surface area is 495 Å². The molecule has 0 aromatic heterocycles. The molecule has 0 saturated heterocycles. The zero-order chi connectivity index (χ0) is 57.8. The molecule has 0 aromatic carbocycles. The van der Waals surface area contributed by atoms with Crippen molar-refractivity contribution in [2.45, 2.75) is 329 Å². The number of esters is 3. The summed E-state index contributed by atoms with van der Waals surface area (Å²) in [6.45, 7) is 6.37. The van der Waals surface area contributed by atoms with Crippen LogP contribution >= 0.6 is 0 Å². The minimum absolute atomic E-state index is 0.106. The van der Waals surface area contributed by atoms with Crippen LogP contribution in [0.1, 0.15) is 323 Å². The third-order valence-electron chi connectivity index (χ3n) is 14.6. The van der Waals surface area contributed by atoms with E-state index in [2.05, 4.69) is 118 Å². The molecular weight excluding hydrogens is 985 g/mol. The lowest BCUT2D eigenvalue weighted by atomic mass is 10.0. The molecule has 0 aromatic rings. The molecular formula is C74H126O6. The molecule has 0 spiro atoms. The Bertz CT molecular complexity index is 1610. The normalized spacial score (nSPS) is 12.8. The van der Waals surface area contributed by atoms with Crippen LogP contribution in [0.15, 0.2) is 109 Å². The molecule has 0 saturated carbocycles. The predicted molar refractivity (Wildman–Crippen MR) is 348 cm³/mol. The monoisotopic (exact) mass is 1110 g/mol. The highest BCUT2D eigenvalue weighted by atomic mass is 16.6. The number of rotatable bonds is 61. The van der Waals surface area contributed by atoms with E-state index in [4.69, 9.17) is 14.2 Å². The van der Waals surface area contributed by atoms with Gasteiger partial charge in [-0.05, 0) is 83.5 Å². The first-order chi connectivity index (χ1) is 39.5. The van der Waals surface area contributed by atoms with Gasteiger partial charge in [-0.3, -0.25) is 14.4 Å². The van der Waals surface area contributed by atoms with Crippen molar-refractivity contribution in [1.29, 1.82) is 0 Å². The maximum Gasteiger partial charge on any atom is 0.309 e. The molecule has 0 aliphatic rings. The minimum Gasteiger partial charge on any atom is -0.462 e. The van der Waals surface area contributed by atoms with Gasteiger partial charge >= 0.3 is 17.9 Å². The molecule has 0 fully saturated rings. The molecule has 0 N–H and O–H groups in total. The van der Waals surface area contributed by atoms with Gasteiger partial charge < -0.3 is 14.2 Å². The van der Waals surface area contributed by atoms with Gasteiger partial charge in [0.1, 0.15) is 13.2 Å². The summed E-state index contributed by atoms with van der Waals surface area (Å²) in [6.07, 6.45) is 92.8. The summed E-state index contributed by atoms with van der Waals surface area (Å²) in [5, 5.41) is 0. The highest BCUT2D eigenvalue weighted by Crippen LogP contribution is 2.17. The molecule has 0 aliphatic heterocycles. The quantitative estimate of drug-likeness (QED) is 0.0261. The van der Waals surface area contributed by atoms with Crippen molar-refractivity contribution in [3.8, 4) is 0 Å². The van der Waals surface area contributed by atoms with Crippen molar-refractivity contribution >= 4 is 17.9 Å². The van der Waals surface area contributed by atoms with Crippen molar-refractivity contribution < 1.29 is 28.6 Å². The van der Waals surface area contributed by atoms with Gasteiger partial charge in [-0.1, -0.05) is 329 Å². The highest BCUT2D eigenvalue weighted by Gasteiger charge is 2.19. The Kier molecular flexibility index (Phi) is 64.3. The number of carbonyl (C=O) groups excluding carboxylic acids is 3. The van der Waals surface area contributed by atoms with Crippen molar-refractivity contribution in [1.82, 2.24) is 0 Å². The topological polar surface area (TPSA) is 78.9 Å². The predicted octanol–water partition coefficient (Wildman–Crippen LogP) is 23.4. The third kappa shape index (κ3) is 64.9. The van der Waals surface area contributed by atoms with Crippen molar-refractivity contribution in [3.05, 3.63) is 109 Å². The first kappa shape index (κ1) is 76.1. The largest absolute Gasteiger partial charge is 0.462 e. The minimum atomic E-state index is -0.819. The van der Waals surface area contributed by atoms with E-state index in [1.807, 2.05) is 6.08 Å². The summed E-state index contributed by atoms with van der Waals surface area (Å²) in [4.78, 5) is 38.3. The summed E-state index contributed by atoms with van der Waals surface area (Å²) < 4.78 is 16.9. The van der Waals surface area contributed by atoms with E-state index in [0.717, 1.165) is 96.3 Å². The van der Waals surface area contributed by atoms with E-state index in [1.165, 1.54) is 186 Å². The van der Waals surface area contributed by atoms with E-state index in [-0.39, 0.29) is 31.6 Å². The first-order valence-electron chi connectivity index (χ1n) is 33.9. The van der Waals surface area contributed by atoms with Crippen LogP contribution in [0.3, 0.4) is 0 Å². The first-order valence-corrected chi connectivity index (χ1v) is 33.9. The summed E-state index contributed by atoms with van der Waals surface area (Å²) >= 11 is 0. The van der Waals surface area contributed by atoms with Gasteiger partial charge in [-0.2, -0.15) is 0 Å². The fourth-order valence-corrected chi connectivity index (χ4v) is 9.57. The molecule has 458 valence electrons. The Morgan fingerprint density at radius 1 is 0.275 bits per heavy atom. The number of ether oxygens (including phenoxy) is 3. The second-order valence-electron chi connectivity index (χ2n) is 22.3. The fraction of sp³-hybridized carbons (Fsp3) is 0.716. The molecule has 0 bridgehead atoms. The van der Waals surface area contributed by atoms with Gasteiger partial charge in [0.25, 0.3) is 0 Å². The number of hydrogen-bond acceptors (Lipinski definition) is 6. The summed E-state index contributed by atoms with van der Waals surface area (Å²) in [5.74, 6) is -1.03. The van der Waals surface area contributed by atoms with Gasteiger partial charge in [0.2, 0.25) is 0 Å². The number of allylic oxidation sites excluding steroid dienone is 17. The molecule has 0 amide bonds. The number of carbonyl (C=O) groups is 3.